The Hall–Kier alpha value is -4.44. The number of aromatic nitrogens is 3. The predicted octanol–water partition coefficient (Wildman–Crippen LogP) is 4.28. The van der Waals surface area contributed by atoms with E-state index >= 15 is 0 Å². The van der Waals surface area contributed by atoms with Gasteiger partial charge >= 0.3 is 5.88 Å². The molecule has 0 atom stereocenters. The Kier molecular flexibility index (Phi) is 5.72. The lowest BCUT2D eigenvalue weighted by Gasteiger charge is -2.14. The summed E-state index contributed by atoms with van der Waals surface area (Å²) in [6.45, 7) is 0. The fourth-order valence-electron chi connectivity index (χ4n) is 4.23. The van der Waals surface area contributed by atoms with Gasteiger partial charge in [-0.05, 0) is 28.9 Å². The van der Waals surface area contributed by atoms with Crippen molar-refractivity contribution in [3.8, 4) is 33.9 Å². The van der Waals surface area contributed by atoms with Crippen LogP contribution in [0.4, 0.5) is 11.6 Å². The standard InChI is InChI=1S/C27H23N5O4S/c1-34-17-10-11-21(35-2)18(12-17)19-13-20(15-6-4-3-5-7-15)29-27-23(19)24(28)25(37-27)26(33)30-22-14-32(31-36-22)16-8-9-16/h3-7,10-14,16H,8-9H2,1-2H3,(H2-,28,30,31,33). The van der Waals surface area contributed by atoms with Crippen molar-refractivity contribution in [2.75, 3.05) is 20.0 Å². The number of benzene rings is 2. The van der Waals surface area contributed by atoms with E-state index in [9.17, 15) is 5.11 Å². The fourth-order valence-corrected chi connectivity index (χ4v) is 5.24. The molecule has 6 rings (SSSR count). The number of hydrogen-bond acceptors (Lipinski definition) is 9. The van der Waals surface area contributed by atoms with E-state index in [0.717, 1.165) is 35.2 Å². The maximum Gasteiger partial charge on any atom is 0.320 e. The maximum absolute atomic E-state index is 13.2. The van der Waals surface area contributed by atoms with Crippen LogP contribution in [-0.2, 0) is 0 Å². The zero-order valence-corrected chi connectivity index (χ0v) is 21.0. The third-order valence-corrected chi connectivity index (χ3v) is 7.35. The number of ether oxygens (including phenoxy) is 2. The highest BCUT2D eigenvalue weighted by atomic mass is 32.1. The predicted molar refractivity (Wildman–Crippen MR) is 139 cm³/mol. The average Bonchev–Trinajstić information content (AvgIpc) is 3.59. The normalized spacial score (nSPS) is 13.7. The number of anilines is 1. The molecule has 2 N–H and O–H groups in total. The third-order valence-electron chi connectivity index (χ3n) is 6.26. The molecular weight excluding hydrogens is 490 g/mol. The van der Waals surface area contributed by atoms with Crippen molar-refractivity contribution in [2.24, 2.45) is 4.99 Å². The molecule has 0 radical (unpaired) electrons. The van der Waals surface area contributed by atoms with Crippen LogP contribution in [0.15, 0.2) is 70.3 Å². The van der Waals surface area contributed by atoms with Crippen molar-refractivity contribution in [1.29, 1.82) is 0 Å². The Balaban J connectivity index is 1.55. The molecule has 0 saturated heterocycles. The summed E-state index contributed by atoms with van der Waals surface area (Å²) in [5, 5.41) is 17.8. The largest absolute Gasteiger partial charge is 0.857 e. The van der Waals surface area contributed by atoms with Crippen molar-refractivity contribution < 1.29 is 23.8 Å². The average molecular weight is 514 g/mol. The Labute approximate surface area is 216 Å². The molecule has 186 valence electrons. The van der Waals surface area contributed by atoms with Gasteiger partial charge in [0.2, 0.25) is 5.27 Å². The monoisotopic (exact) mass is 513 g/mol. The lowest BCUT2D eigenvalue weighted by molar-refractivity contribution is -0.765. The van der Waals surface area contributed by atoms with Crippen LogP contribution < -0.4 is 25.0 Å². The third kappa shape index (κ3) is 4.25. The van der Waals surface area contributed by atoms with Gasteiger partial charge in [0.05, 0.1) is 30.5 Å². The number of pyridine rings is 1. The highest BCUT2D eigenvalue weighted by Gasteiger charge is 2.35. The highest BCUT2D eigenvalue weighted by Crippen LogP contribution is 2.44. The molecule has 0 aliphatic heterocycles. The Morgan fingerprint density at radius 3 is 2.65 bits per heavy atom. The number of fused-ring (bicyclic) bond motifs is 1. The highest BCUT2D eigenvalue weighted by molar-refractivity contribution is 7.21. The van der Waals surface area contributed by atoms with Gasteiger partial charge in [-0.2, -0.15) is 0 Å². The van der Waals surface area contributed by atoms with Gasteiger partial charge < -0.3 is 20.3 Å². The molecule has 1 aliphatic carbocycles. The fraction of sp³-hybridized carbons (Fsp3) is 0.185. The van der Waals surface area contributed by atoms with Crippen molar-refractivity contribution in [2.45, 2.75) is 18.9 Å². The second-order valence-electron chi connectivity index (χ2n) is 8.68. The molecule has 37 heavy (non-hydrogen) atoms. The summed E-state index contributed by atoms with van der Waals surface area (Å²) in [6, 6.07) is 17.7. The van der Waals surface area contributed by atoms with Gasteiger partial charge in [0, 0.05) is 40.8 Å². The first-order valence-electron chi connectivity index (χ1n) is 11.7. The van der Waals surface area contributed by atoms with Gasteiger partial charge in [0.1, 0.15) is 16.3 Å². The molecule has 1 aliphatic rings. The SMILES string of the molecule is COc1ccc(OC)c(-c2cc(-c3ccccc3)nc3sc(/C([O-])=N/c4c[n+](C5CC5)no4)c(N)c23)c1. The number of methoxy groups -OCH3 is 2. The summed E-state index contributed by atoms with van der Waals surface area (Å²) < 4.78 is 18.1. The number of thiophene rings is 1. The number of nitrogens with two attached hydrogens (primary N) is 1. The van der Waals surface area contributed by atoms with E-state index in [2.05, 4.69) is 10.3 Å². The zero-order valence-electron chi connectivity index (χ0n) is 20.2. The molecule has 5 aromatic rings. The van der Waals surface area contributed by atoms with Gasteiger partial charge in [-0.15, -0.1) is 11.3 Å². The second-order valence-corrected chi connectivity index (χ2v) is 9.68. The minimum Gasteiger partial charge on any atom is -0.857 e. The Morgan fingerprint density at radius 1 is 1.11 bits per heavy atom. The number of nitrogens with zero attached hydrogens (tertiary/aromatic N) is 4. The molecule has 0 spiro atoms. The van der Waals surface area contributed by atoms with E-state index in [1.165, 1.54) is 11.3 Å². The number of hydrogen-bond donors (Lipinski definition) is 1. The summed E-state index contributed by atoms with van der Waals surface area (Å²) in [4.78, 5) is 9.89. The van der Waals surface area contributed by atoms with Crippen molar-refractivity contribution in [3.05, 3.63) is 65.7 Å². The minimum absolute atomic E-state index is 0.140. The van der Waals surface area contributed by atoms with Gasteiger partial charge in [-0.25, -0.2) is 9.98 Å². The summed E-state index contributed by atoms with van der Waals surface area (Å²) in [5.41, 5.74) is 10.1. The molecule has 9 nitrogen and oxygen atoms in total. The van der Waals surface area contributed by atoms with Crippen molar-refractivity contribution in [3.63, 3.8) is 0 Å². The maximum atomic E-state index is 13.2. The van der Waals surface area contributed by atoms with E-state index in [-0.39, 0.29) is 10.8 Å². The quantitative estimate of drug-likeness (QED) is 0.196. The molecule has 3 aromatic heterocycles. The van der Waals surface area contributed by atoms with Crippen LogP contribution in [0.5, 0.6) is 11.5 Å². The lowest BCUT2D eigenvalue weighted by Crippen LogP contribution is -2.32. The van der Waals surface area contributed by atoms with Crippen LogP contribution in [0.3, 0.4) is 0 Å². The number of nitrogen functional groups attached to an aromatic ring is 1. The first-order valence-corrected chi connectivity index (χ1v) is 12.5. The van der Waals surface area contributed by atoms with E-state index in [1.54, 1.807) is 25.1 Å². The van der Waals surface area contributed by atoms with Gasteiger partial charge in [0.25, 0.3) is 6.20 Å². The van der Waals surface area contributed by atoms with Crippen LogP contribution in [-0.4, -0.2) is 30.4 Å². The van der Waals surface area contributed by atoms with Gasteiger partial charge in [-0.3, -0.25) is 4.52 Å². The van der Waals surface area contributed by atoms with Crippen LogP contribution in [0.2, 0.25) is 0 Å². The minimum atomic E-state index is -0.510. The summed E-state index contributed by atoms with van der Waals surface area (Å²) in [7, 11) is 3.22. The molecule has 0 bridgehead atoms. The molecule has 0 amide bonds. The first-order chi connectivity index (χ1) is 18.1. The van der Waals surface area contributed by atoms with E-state index in [1.807, 2.05) is 54.6 Å². The smallest absolute Gasteiger partial charge is 0.320 e. The molecule has 1 saturated carbocycles. The van der Waals surface area contributed by atoms with E-state index < -0.39 is 5.90 Å². The first kappa shape index (κ1) is 23.0. The summed E-state index contributed by atoms with van der Waals surface area (Å²) in [6.07, 6.45) is 3.72. The lowest BCUT2D eigenvalue weighted by atomic mass is 9.98. The van der Waals surface area contributed by atoms with E-state index in [4.69, 9.17) is 24.7 Å². The molecule has 3 heterocycles. The van der Waals surface area contributed by atoms with E-state index in [0.29, 0.717) is 33.4 Å². The second kappa shape index (κ2) is 9.21. The molecule has 1 fully saturated rings. The van der Waals surface area contributed by atoms with Crippen LogP contribution >= 0.6 is 11.3 Å². The molecule has 10 heteroatoms. The van der Waals surface area contributed by atoms with Crippen molar-refractivity contribution >= 4 is 39.0 Å². The van der Waals surface area contributed by atoms with Crippen LogP contribution in [0, 0.1) is 0 Å². The summed E-state index contributed by atoms with van der Waals surface area (Å²) in [5.74, 6) is 0.934. The molecular formula is C27H23N5O4S. The topological polar surface area (TPSA) is 123 Å². The van der Waals surface area contributed by atoms with Crippen molar-refractivity contribution in [1.82, 2.24) is 10.3 Å². The number of aliphatic imine (C=N–C) groups is 1. The van der Waals surface area contributed by atoms with Gasteiger partial charge in [-0.1, -0.05) is 30.3 Å². The molecule has 0 unspecified atom stereocenters. The Morgan fingerprint density at radius 2 is 1.92 bits per heavy atom. The zero-order chi connectivity index (χ0) is 25.5. The molecule has 2 aromatic carbocycles. The number of rotatable bonds is 7. The van der Waals surface area contributed by atoms with Gasteiger partial charge in [0.15, 0.2) is 6.04 Å². The van der Waals surface area contributed by atoms with Crippen LogP contribution in [0.1, 0.15) is 23.8 Å². The Bertz CT molecular complexity index is 1640. The summed E-state index contributed by atoms with van der Waals surface area (Å²) >= 11 is 1.20. The van der Waals surface area contributed by atoms with Crippen LogP contribution in [0.25, 0.3) is 32.6 Å².